The van der Waals surface area contributed by atoms with E-state index < -0.39 is 17.4 Å². The summed E-state index contributed by atoms with van der Waals surface area (Å²) in [5.74, 6) is -1.12. The molecule has 1 spiro atoms. The molecule has 5 heterocycles. The van der Waals surface area contributed by atoms with Gasteiger partial charge in [-0.3, -0.25) is 14.6 Å². The number of hydrogen-bond donors (Lipinski definition) is 0. The highest BCUT2D eigenvalue weighted by Gasteiger charge is 2.67. The van der Waals surface area contributed by atoms with E-state index in [0.717, 1.165) is 5.56 Å². The Balaban J connectivity index is 1.29. The molecule has 9 nitrogen and oxygen atoms in total. The molecule has 4 aliphatic rings. The highest BCUT2D eigenvalue weighted by molar-refractivity contribution is 5.93. The summed E-state index contributed by atoms with van der Waals surface area (Å²) in [6.07, 6.45) is 6.59. The van der Waals surface area contributed by atoms with Gasteiger partial charge in [-0.1, -0.05) is 12.2 Å². The number of ether oxygens (including phenoxy) is 2. The minimum atomic E-state index is -0.720. The van der Waals surface area contributed by atoms with Gasteiger partial charge in [0.15, 0.2) is 0 Å². The van der Waals surface area contributed by atoms with Gasteiger partial charge in [-0.15, -0.1) is 0 Å². The molecule has 5 rings (SSSR count). The van der Waals surface area contributed by atoms with E-state index in [0.29, 0.717) is 45.9 Å². The maximum atomic E-state index is 13.4. The SMILES string of the molecule is CCOC(=O)N1CCN(C(=O)C2C3C=CC4(CN(Cc5ccncc5)C(=O)C24)O3)CC1. The number of amides is 3. The maximum Gasteiger partial charge on any atom is 0.409 e. The number of piperazine rings is 1. The third-order valence-electron chi connectivity index (χ3n) is 6.70. The van der Waals surface area contributed by atoms with E-state index in [1.807, 2.05) is 24.3 Å². The van der Waals surface area contributed by atoms with Crippen LogP contribution in [-0.4, -0.2) is 88.6 Å². The van der Waals surface area contributed by atoms with Crippen LogP contribution in [0.2, 0.25) is 0 Å². The molecule has 4 atom stereocenters. The fraction of sp³-hybridized carbons (Fsp3) is 0.545. The van der Waals surface area contributed by atoms with E-state index in [-0.39, 0.29) is 24.0 Å². The van der Waals surface area contributed by atoms with E-state index >= 15 is 0 Å². The number of hydrogen-bond acceptors (Lipinski definition) is 6. The fourth-order valence-corrected chi connectivity index (χ4v) is 5.24. The van der Waals surface area contributed by atoms with Crippen LogP contribution in [0.5, 0.6) is 0 Å². The van der Waals surface area contributed by atoms with E-state index in [9.17, 15) is 14.4 Å². The first-order valence-electron chi connectivity index (χ1n) is 10.8. The van der Waals surface area contributed by atoms with Gasteiger partial charge in [0.25, 0.3) is 0 Å². The molecule has 3 saturated heterocycles. The molecule has 31 heavy (non-hydrogen) atoms. The summed E-state index contributed by atoms with van der Waals surface area (Å²) < 4.78 is 11.3. The van der Waals surface area contributed by atoms with E-state index in [1.54, 1.807) is 34.0 Å². The molecule has 164 valence electrons. The van der Waals surface area contributed by atoms with Crippen LogP contribution in [0.4, 0.5) is 4.79 Å². The van der Waals surface area contributed by atoms with Crippen molar-refractivity contribution in [2.45, 2.75) is 25.2 Å². The number of pyridine rings is 1. The Morgan fingerprint density at radius 2 is 1.90 bits per heavy atom. The Morgan fingerprint density at radius 1 is 1.19 bits per heavy atom. The molecule has 0 aliphatic carbocycles. The molecular formula is C22H26N4O5. The van der Waals surface area contributed by atoms with Crippen molar-refractivity contribution in [3.8, 4) is 0 Å². The van der Waals surface area contributed by atoms with Gasteiger partial charge in [0.1, 0.15) is 5.60 Å². The van der Waals surface area contributed by atoms with Gasteiger partial charge < -0.3 is 24.2 Å². The molecule has 0 N–H and O–H groups in total. The first-order chi connectivity index (χ1) is 15.0. The van der Waals surface area contributed by atoms with E-state index in [2.05, 4.69) is 4.98 Å². The predicted octanol–water partition coefficient (Wildman–Crippen LogP) is 0.664. The van der Waals surface area contributed by atoms with Crippen molar-refractivity contribution in [1.29, 1.82) is 0 Å². The molecule has 3 amide bonds. The monoisotopic (exact) mass is 426 g/mol. The highest BCUT2D eigenvalue weighted by Crippen LogP contribution is 2.52. The van der Waals surface area contributed by atoms with E-state index in [4.69, 9.17) is 9.47 Å². The Bertz CT molecular complexity index is 914. The molecule has 0 saturated carbocycles. The fourth-order valence-electron chi connectivity index (χ4n) is 5.24. The minimum absolute atomic E-state index is 0.0350. The topological polar surface area (TPSA) is 92.3 Å². The summed E-state index contributed by atoms with van der Waals surface area (Å²) in [7, 11) is 0. The van der Waals surface area contributed by atoms with Gasteiger partial charge >= 0.3 is 6.09 Å². The second kappa shape index (κ2) is 7.64. The number of fused-ring (bicyclic) bond motifs is 1. The second-order valence-corrected chi connectivity index (χ2v) is 8.46. The predicted molar refractivity (Wildman–Crippen MR) is 109 cm³/mol. The third-order valence-corrected chi connectivity index (χ3v) is 6.70. The molecule has 0 aromatic carbocycles. The number of rotatable bonds is 4. The summed E-state index contributed by atoms with van der Waals surface area (Å²) in [4.78, 5) is 47.9. The lowest BCUT2D eigenvalue weighted by molar-refractivity contribution is -0.144. The van der Waals surface area contributed by atoms with Crippen LogP contribution in [-0.2, 0) is 25.6 Å². The standard InChI is InChI=1S/C22H26N4O5/c1-2-30-21(29)25-11-9-24(10-12-25)19(27)17-16-3-6-22(31-16)14-26(20(28)18(17)22)13-15-4-7-23-8-5-15/h3-8,16-18H,2,9-14H2,1H3. The molecule has 3 fully saturated rings. The van der Waals surface area contributed by atoms with Crippen LogP contribution in [0.25, 0.3) is 0 Å². The number of nitrogens with zero attached hydrogens (tertiary/aromatic N) is 4. The summed E-state index contributed by atoms with van der Waals surface area (Å²) >= 11 is 0. The zero-order chi connectivity index (χ0) is 21.6. The minimum Gasteiger partial charge on any atom is -0.450 e. The van der Waals surface area contributed by atoms with Gasteiger partial charge in [0, 0.05) is 45.1 Å². The van der Waals surface area contributed by atoms with Gasteiger partial charge in [0.2, 0.25) is 11.8 Å². The second-order valence-electron chi connectivity index (χ2n) is 8.46. The van der Waals surface area contributed by atoms with Crippen LogP contribution >= 0.6 is 0 Å². The lowest BCUT2D eigenvalue weighted by atomic mass is 9.76. The van der Waals surface area contributed by atoms with Crippen molar-refractivity contribution < 1.29 is 23.9 Å². The summed E-state index contributed by atoms with van der Waals surface area (Å²) in [5.41, 5.74) is 0.276. The molecular weight excluding hydrogens is 400 g/mol. The Morgan fingerprint density at radius 3 is 2.61 bits per heavy atom. The molecule has 4 unspecified atom stereocenters. The first-order valence-corrected chi connectivity index (χ1v) is 10.8. The lowest BCUT2D eigenvalue weighted by Crippen LogP contribution is -2.54. The van der Waals surface area contributed by atoms with Gasteiger partial charge in [0.05, 0.1) is 31.1 Å². The van der Waals surface area contributed by atoms with Crippen molar-refractivity contribution in [2.75, 3.05) is 39.3 Å². The molecule has 1 aromatic rings. The zero-order valence-electron chi connectivity index (χ0n) is 17.5. The van der Waals surface area contributed by atoms with Crippen molar-refractivity contribution in [1.82, 2.24) is 19.7 Å². The average molecular weight is 426 g/mol. The molecule has 4 aliphatic heterocycles. The molecule has 1 aromatic heterocycles. The number of carbonyl (C=O) groups excluding carboxylic acids is 3. The Kier molecular flexibility index (Phi) is 4.92. The van der Waals surface area contributed by atoms with Crippen LogP contribution in [0.15, 0.2) is 36.7 Å². The number of aromatic nitrogens is 1. The highest BCUT2D eigenvalue weighted by atomic mass is 16.6. The van der Waals surface area contributed by atoms with Crippen LogP contribution in [0.3, 0.4) is 0 Å². The Labute approximate surface area is 180 Å². The van der Waals surface area contributed by atoms with Gasteiger partial charge in [-0.25, -0.2) is 4.79 Å². The number of carbonyl (C=O) groups is 3. The van der Waals surface area contributed by atoms with Crippen molar-refractivity contribution in [3.05, 3.63) is 42.2 Å². The first kappa shape index (κ1) is 20.0. The largest absolute Gasteiger partial charge is 0.450 e. The maximum absolute atomic E-state index is 13.4. The lowest BCUT2D eigenvalue weighted by Gasteiger charge is -2.36. The summed E-state index contributed by atoms with van der Waals surface area (Å²) in [6, 6.07) is 3.78. The van der Waals surface area contributed by atoms with E-state index in [1.165, 1.54) is 0 Å². The molecule has 2 bridgehead atoms. The van der Waals surface area contributed by atoms with Crippen LogP contribution < -0.4 is 0 Å². The number of likely N-dealkylation sites (tertiary alicyclic amines) is 1. The smallest absolute Gasteiger partial charge is 0.409 e. The van der Waals surface area contributed by atoms with Gasteiger partial charge in [-0.05, 0) is 24.6 Å². The third kappa shape index (κ3) is 3.27. The van der Waals surface area contributed by atoms with Crippen molar-refractivity contribution in [3.63, 3.8) is 0 Å². The van der Waals surface area contributed by atoms with Crippen molar-refractivity contribution >= 4 is 17.9 Å². The molecule has 9 heteroatoms. The normalized spacial score (nSPS) is 31.3. The summed E-state index contributed by atoms with van der Waals surface area (Å²) in [6.45, 7) is 4.73. The quantitative estimate of drug-likeness (QED) is 0.657. The van der Waals surface area contributed by atoms with Crippen LogP contribution in [0.1, 0.15) is 12.5 Å². The summed E-state index contributed by atoms with van der Waals surface area (Å²) in [5, 5.41) is 0. The van der Waals surface area contributed by atoms with Gasteiger partial charge in [-0.2, -0.15) is 0 Å². The zero-order valence-corrected chi connectivity index (χ0v) is 17.5. The van der Waals surface area contributed by atoms with Crippen LogP contribution in [0, 0.1) is 11.8 Å². The Hall–Kier alpha value is -2.94. The van der Waals surface area contributed by atoms with Crippen molar-refractivity contribution in [2.24, 2.45) is 11.8 Å². The molecule has 0 radical (unpaired) electrons. The average Bonchev–Trinajstić information content (AvgIpc) is 3.42.